The molecule has 1 aliphatic heterocycles. The van der Waals surface area contributed by atoms with Crippen LogP contribution in [-0.2, 0) is 20.5 Å². The Hall–Kier alpha value is -2.67. The van der Waals surface area contributed by atoms with Crippen molar-refractivity contribution in [2.75, 3.05) is 43.1 Å². The highest BCUT2D eigenvalue weighted by Crippen LogP contribution is 2.38. The van der Waals surface area contributed by atoms with Crippen LogP contribution in [0.25, 0.3) is 0 Å². The molecular weight excluding hydrogens is 569 g/mol. The van der Waals surface area contributed by atoms with Crippen molar-refractivity contribution in [2.45, 2.75) is 51.4 Å². The van der Waals surface area contributed by atoms with Gasteiger partial charge in [-0.05, 0) is 49.1 Å². The van der Waals surface area contributed by atoms with Gasteiger partial charge in [0.2, 0.25) is 5.91 Å². The maximum Gasteiger partial charge on any atom is 0.418 e. The molecule has 0 spiro atoms. The lowest BCUT2D eigenvalue weighted by Crippen LogP contribution is -2.57. The molecule has 1 saturated carbocycles. The topological polar surface area (TPSA) is 91.0 Å². The molecule has 2 heterocycles. The number of carbonyl (C=O) groups excluding carboxylic acids is 3. The molecule has 13 heteroatoms. The molecule has 2 N–H and O–H groups in total. The lowest BCUT2D eigenvalue weighted by atomic mass is 9.89. The van der Waals surface area contributed by atoms with Crippen LogP contribution < -0.4 is 15.5 Å². The van der Waals surface area contributed by atoms with Crippen molar-refractivity contribution in [1.82, 2.24) is 10.2 Å². The number of amides is 3. The van der Waals surface area contributed by atoms with Gasteiger partial charge >= 0.3 is 6.18 Å². The van der Waals surface area contributed by atoms with Crippen molar-refractivity contribution >= 4 is 52.0 Å². The molecule has 40 heavy (non-hydrogen) atoms. The predicted molar refractivity (Wildman–Crippen MR) is 148 cm³/mol. The second-order valence-electron chi connectivity index (χ2n) is 10.3. The number of hydrogen-bond acceptors (Lipinski definition) is 6. The minimum absolute atomic E-state index is 0.0768. The lowest BCUT2D eigenvalue weighted by Gasteiger charge is -2.42. The Morgan fingerprint density at radius 1 is 1.23 bits per heavy atom. The number of nitrogens with one attached hydrogen (secondary N) is 2. The van der Waals surface area contributed by atoms with Crippen molar-refractivity contribution < 1.29 is 32.3 Å². The maximum absolute atomic E-state index is 14.2. The van der Waals surface area contributed by atoms with Gasteiger partial charge in [0.15, 0.2) is 0 Å². The molecule has 1 aliphatic carbocycles. The molecule has 8 nitrogen and oxygen atoms in total. The van der Waals surface area contributed by atoms with Gasteiger partial charge in [0.05, 0.1) is 27.1 Å². The number of hydrogen-bond donors (Lipinski definition) is 2. The number of morpholine rings is 1. The molecule has 3 amide bonds. The average Bonchev–Trinajstić information content (AvgIpc) is 3.29. The highest BCUT2D eigenvalue weighted by atomic mass is 35.5. The zero-order valence-corrected chi connectivity index (χ0v) is 23.8. The zero-order valence-electron chi connectivity index (χ0n) is 22.2. The fraction of sp³-hybridized carbons (Fsp3) is 0.519. The smallest absolute Gasteiger partial charge is 0.370 e. The van der Waals surface area contributed by atoms with E-state index in [9.17, 15) is 27.6 Å². The normalized spacial score (nSPS) is 17.2. The van der Waals surface area contributed by atoms with Crippen molar-refractivity contribution in [3.63, 3.8) is 0 Å². The van der Waals surface area contributed by atoms with Crippen LogP contribution in [0.2, 0.25) is 4.34 Å². The average molecular weight is 601 g/mol. The quantitative estimate of drug-likeness (QED) is 0.399. The van der Waals surface area contributed by atoms with Gasteiger partial charge in [-0.2, -0.15) is 13.2 Å². The molecule has 1 aromatic carbocycles. The second-order valence-corrected chi connectivity index (χ2v) is 12.0. The van der Waals surface area contributed by atoms with Gasteiger partial charge in [-0.25, -0.2) is 0 Å². The van der Waals surface area contributed by atoms with Gasteiger partial charge in [-0.1, -0.05) is 31.9 Å². The maximum atomic E-state index is 14.2. The van der Waals surface area contributed by atoms with Crippen LogP contribution >= 0.6 is 22.9 Å². The fourth-order valence-corrected chi connectivity index (χ4v) is 5.75. The molecular formula is C27H32ClF3N4O4S. The summed E-state index contributed by atoms with van der Waals surface area (Å²) < 4.78 is 48.0. The first-order valence-corrected chi connectivity index (χ1v) is 14.3. The summed E-state index contributed by atoms with van der Waals surface area (Å²) in [5, 5.41) is 5.25. The Labute approximate surface area is 239 Å². The van der Waals surface area contributed by atoms with Crippen LogP contribution in [0.4, 0.5) is 24.5 Å². The van der Waals surface area contributed by atoms with E-state index in [-0.39, 0.29) is 44.0 Å². The Morgan fingerprint density at radius 3 is 2.55 bits per heavy atom. The summed E-state index contributed by atoms with van der Waals surface area (Å²) in [5.74, 6) is -1.33. The van der Waals surface area contributed by atoms with E-state index in [0.717, 1.165) is 42.7 Å². The standard InChI is InChI=1S/C27H32ClF3N4O4S/c1-16(2)14-35(17-4-3-5-17)21(13-32-26(38)22-8-9-23(28)40-22)25(37)33-20-7-6-18(12-19(20)27(29,30)31)34-10-11-39-15-24(34)36/h6-9,12,16-17,21H,3-5,10-11,13-15H2,1-2H3,(H,32,38)(H,33,37)/t21-/m1/s1. The van der Waals surface area contributed by atoms with Gasteiger partial charge in [-0.3, -0.25) is 19.3 Å². The van der Waals surface area contributed by atoms with Crippen LogP contribution in [0.15, 0.2) is 30.3 Å². The molecule has 218 valence electrons. The van der Waals surface area contributed by atoms with Gasteiger partial charge in [-0.15, -0.1) is 11.3 Å². The first-order chi connectivity index (χ1) is 18.9. The summed E-state index contributed by atoms with van der Waals surface area (Å²) in [7, 11) is 0. The zero-order chi connectivity index (χ0) is 29.0. The molecule has 1 aromatic heterocycles. The number of alkyl halides is 3. The minimum atomic E-state index is -4.79. The summed E-state index contributed by atoms with van der Waals surface area (Å²) in [4.78, 5) is 42.2. The second kappa shape index (κ2) is 12.9. The molecule has 2 fully saturated rings. The van der Waals surface area contributed by atoms with E-state index in [0.29, 0.717) is 15.8 Å². The number of thiophene rings is 1. The van der Waals surface area contributed by atoms with E-state index >= 15 is 0 Å². The van der Waals surface area contributed by atoms with Crippen LogP contribution in [-0.4, -0.2) is 67.6 Å². The number of halogens is 4. The van der Waals surface area contributed by atoms with Gasteiger partial charge in [0.1, 0.15) is 12.6 Å². The molecule has 0 bridgehead atoms. The molecule has 2 aliphatic rings. The largest absolute Gasteiger partial charge is 0.418 e. The van der Waals surface area contributed by atoms with Gasteiger partial charge < -0.3 is 20.3 Å². The third-order valence-electron chi connectivity index (χ3n) is 6.94. The molecule has 4 rings (SSSR count). The van der Waals surface area contributed by atoms with Crippen LogP contribution in [0.1, 0.15) is 48.3 Å². The third kappa shape index (κ3) is 7.34. The molecule has 1 saturated heterocycles. The van der Waals surface area contributed by atoms with E-state index in [1.165, 1.54) is 11.0 Å². The summed E-state index contributed by atoms with van der Waals surface area (Å²) >= 11 is 7.05. The number of rotatable bonds is 10. The van der Waals surface area contributed by atoms with E-state index < -0.39 is 41.2 Å². The lowest BCUT2D eigenvalue weighted by molar-refractivity contribution is -0.137. The summed E-state index contributed by atoms with van der Waals surface area (Å²) in [6, 6.07) is 5.76. The molecule has 2 aromatic rings. The molecule has 1 atom stereocenters. The summed E-state index contributed by atoms with van der Waals surface area (Å²) in [5.41, 5.74) is -1.40. The van der Waals surface area contributed by atoms with Gasteiger partial charge in [0.25, 0.3) is 11.8 Å². The summed E-state index contributed by atoms with van der Waals surface area (Å²) in [6.07, 6.45) is -2.07. The number of nitrogens with zero attached hydrogens (tertiary/aromatic N) is 2. The molecule has 0 radical (unpaired) electrons. The predicted octanol–water partition coefficient (Wildman–Crippen LogP) is 5.03. The van der Waals surface area contributed by atoms with Crippen LogP contribution in [0.5, 0.6) is 0 Å². The Morgan fingerprint density at radius 2 is 1.98 bits per heavy atom. The Kier molecular flexibility index (Phi) is 9.76. The highest BCUT2D eigenvalue weighted by Gasteiger charge is 2.38. The molecule has 0 unspecified atom stereocenters. The van der Waals surface area contributed by atoms with Crippen LogP contribution in [0.3, 0.4) is 0 Å². The first-order valence-electron chi connectivity index (χ1n) is 13.1. The van der Waals surface area contributed by atoms with Crippen molar-refractivity contribution in [3.05, 3.63) is 45.1 Å². The third-order valence-corrected chi connectivity index (χ3v) is 8.17. The van der Waals surface area contributed by atoms with Crippen LogP contribution in [0, 0.1) is 5.92 Å². The number of anilines is 2. The number of benzene rings is 1. The monoisotopic (exact) mass is 600 g/mol. The van der Waals surface area contributed by atoms with Crippen molar-refractivity contribution in [2.24, 2.45) is 5.92 Å². The van der Waals surface area contributed by atoms with E-state index in [4.69, 9.17) is 16.3 Å². The van der Waals surface area contributed by atoms with E-state index in [1.807, 2.05) is 18.7 Å². The number of carbonyl (C=O) groups is 3. The summed E-state index contributed by atoms with van der Waals surface area (Å²) in [6.45, 7) is 4.57. The number of ether oxygens (including phenoxy) is 1. The van der Waals surface area contributed by atoms with Gasteiger partial charge in [0, 0.05) is 31.4 Å². The Bertz CT molecular complexity index is 1230. The highest BCUT2D eigenvalue weighted by molar-refractivity contribution is 7.18. The SMILES string of the molecule is CC(C)CN(C1CCC1)[C@H](CNC(=O)c1ccc(Cl)s1)C(=O)Nc1ccc(N2CCOCC2=O)cc1C(F)(F)F. The Balaban J connectivity index is 1.60. The fourth-order valence-electron chi connectivity index (χ4n) is 4.79. The van der Waals surface area contributed by atoms with Crippen molar-refractivity contribution in [1.29, 1.82) is 0 Å². The van der Waals surface area contributed by atoms with E-state index in [1.54, 1.807) is 12.1 Å². The van der Waals surface area contributed by atoms with E-state index in [2.05, 4.69) is 10.6 Å². The van der Waals surface area contributed by atoms with Crippen molar-refractivity contribution in [3.8, 4) is 0 Å². The minimum Gasteiger partial charge on any atom is -0.370 e. The first kappa shape index (κ1) is 30.3.